The molecule has 0 aromatic heterocycles. The van der Waals surface area contributed by atoms with Gasteiger partial charge in [0, 0.05) is 17.5 Å². The van der Waals surface area contributed by atoms with E-state index in [4.69, 9.17) is 5.73 Å². The molecule has 0 spiro atoms. The second kappa shape index (κ2) is 4.15. The maximum Gasteiger partial charge on any atom is 0.170 e. The van der Waals surface area contributed by atoms with Crippen molar-refractivity contribution in [2.45, 2.75) is 25.7 Å². The molecule has 0 unspecified atom stereocenters. The quantitative estimate of drug-likeness (QED) is 0.695. The van der Waals surface area contributed by atoms with Crippen LogP contribution in [0.25, 0.3) is 0 Å². The Labute approximate surface area is 90.5 Å². The lowest BCUT2D eigenvalue weighted by Gasteiger charge is -2.24. The lowest BCUT2D eigenvalue weighted by atomic mass is 9.79. The molecule has 1 aromatic carbocycles. The fourth-order valence-corrected chi connectivity index (χ4v) is 2.43. The molecule has 1 fully saturated rings. The number of hydrogen-bond donors (Lipinski definition) is 0. The first-order valence-electron chi connectivity index (χ1n) is 5.53. The molecule has 15 heavy (non-hydrogen) atoms. The summed E-state index contributed by atoms with van der Waals surface area (Å²) in [6, 6.07) is 9.41. The number of Topliss-reactive ketones (excluding diaryl/α,β-unsaturated/α-hetero) is 1. The Morgan fingerprint density at radius 2 is 1.80 bits per heavy atom. The van der Waals surface area contributed by atoms with E-state index in [1.54, 1.807) is 0 Å². The van der Waals surface area contributed by atoms with E-state index in [0.717, 1.165) is 31.2 Å². The highest BCUT2D eigenvalue weighted by Crippen LogP contribution is 2.40. The third-order valence-electron chi connectivity index (χ3n) is 3.42. The molecular weight excluding hydrogens is 186 g/mol. The minimum atomic E-state index is -0.374. The Morgan fingerprint density at radius 1 is 1.20 bits per heavy atom. The topological polar surface area (TPSA) is 40.9 Å². The summed E-state index contributed by atoms with van der Waals surface area (Å²) >= 11 is 0. The number of benzene rings is 1. The highest BCUT2D eigenvalue weighted by atomic mass is 16.1. The van der Waals surface area contributed by atoms with E-state index in [9.17, 15) is 4.79 Å². The zero-order valence-corrected chi connectivity index (χ0v) is 8.83. The van der Waals surface area contributed by atoms with Crippen molar-refractivity contribution in [3.05, 3.63) is 35.9 Å². The van der Waals surface area contributed by atoms with Gasteiger partial charge < -0.3 is 0 Å². The van der Waals surface area contributed by atoms with Crippen LogP contribution >= 0.6 is 0 Å². The summed E-state index contributed by atoms with van der Waals surface area (Å²) in [5.74, 6) is 0.176. The molecule has 1 aromatic rings. The number of rotatable bonds is 3. The van der Waals surface area contributed by atoms with Crippen molar-refractivity contribution < 1.29 is 4.79 Å². The zero-order valence-electron chi connectivity index (χ0n) is 8.83. The van der Waals surface area contributed by atoms with E-state index in [2.05, 4.69) is 0 Å². The molecule has 0 amide bonds. The van der Waals surface area contributed by atoms with E-state index in [0.29, 0.717) is 0 Å². The molecule has 0 aliphatic heterocycles. The summed E-state index contributed by atoms with van der Waals surface area (Å²) < 4.78 is 0. The van der Waals surface area contributed by atoms with Crippen LogP contribution in [0.3, 0.4) is 0 Å². The summed E-state index contributed by atoms with van der Waals surface area (Å²) in [4.78, 5) is 12.3. The lowest BCUT2D eigenvalue weighted by molar-refractivity contribution is 0.0807. The van der Waals surface area contributed by atoms with Gasteiger partial charge in [-0.25, -0.2) is 0 Å². The predicted molar refractivity (Wildman–Crippen MR) is 59.6 cm³/mol. The van der Waals surface area contributed by atoms with Gasteiger partial charge >= 0.3 is 0 Å². The average molecular weight is 202 g/mol. The molecular formula is C13H16NO. The largest absolute Gasteiger partial charge is 0.294 e. The fourth-order valence-electron chi connectivity index (χ4n) is 2.43. The smallest absolute Gasteiger partial charge is 0.170 e. The second-order valence-electron chi connectivity index (χ2n) is 4.36. The van der Waals surface area contributed by atoms with Crippen LogP contribution in [0.5, 0.6) is 0 Å². The van der Waals surface area contributed by atoms with Crippen LogP contribution in [0, 0.1) is 5.41 Å². The van der Waals surface area contributed by atoms with Crippen LogP contribution < -0.4 is 5.73 Å². The lowest BCUT2D eigenvalue weighted by Crippen LogP contribution is -2.32. The molecule has 1 N–H and O–H groups in total. The molecule has 79 valence electrons. The van der Waals surface area contributed by atoms with Crippen LogP contribution in [-0.4, -0.2) is 12.3 Å². The summed E-state index contributed by atoms with van der Waals surface area (Å²) in [5, 5.41) is 0. The first-order valence-corrected chi connectivity index (χ1v) is 5.53. The third-order valence-corrected chi connectivity index (χ3v) is 3.42. The molecule has 0 atom stereocenters. The van der Waals surface area contributed by atoms with Crippen LogP contribution in [0.1, 0.15) is 36.0 Å². The SMILES string of the molecule is [NH]CC1(C(=O)c2ccccc2)CCCC1. The Hall–Kier alpha value is -1.15. The van der Waals surface area contributed by atoms with Crippen LogP contribution in [0.4, 0.5) is 0 Å². The van der Waals surface area contributed by atoms with Gasteiger partial charge in [-0.1, -0.05) is 43.2 Å². The Balaban J connectivity index is 2.27. The highest BCUT2D eigenvalue weighted by Gasteiger charge is 2.40. The number of ketones is 1. The van der Waals surface area contributed by atoms with E-state index < -0.39 is 0 Å². The molecule has 0 saturated heterocycles. The van der Waals surface area contributed by atoms with Gasteiger partial charge in [-0.05, 0) is 12.8 Å². The molecule has 2 nitrogen and oxygen atoms in total. The Kier molecular flexibility index (Phi) is 2.87. The van der Waals surface area contributed by atoms with Gasteiger partial charge in [-0.15, -0.1) is 0 Å². The molecule has 2 heteroatoms. The Bertz CT molecular complexity index is 339. The molecule has 0 bridgehead atoms. The first kappa shape index (κ1) is 10.4. The van der Waals surface area contributed by atoms with Crippen LogP contribution in [0.2, 0.25) is 0 Å². The van der Waals surface area contributed by atoms with Crippen molar-refractivity contribution in [1.82, 2.24) is 5.73 Å². The zero-order chi connectivity index (χ0) is 10.7. The van der Waals surface area contributed by atoms with Crippen molar-refractivity contribution in [2.24, 2.45) is 5.41 Å². The molecule has 1 aliphatic rings. The van der Waals surface area contributed by atoms with Gasteiger partial charge in [0.1, 0.15) is 0 Å². The fraction of sp³-hybridized carbons (Fsp3) is 0.462. The minimum Gasteiger partial charge on any atom is -0.294 e. The average Bonchev–Trinajstić information content (AvgIpc) is 2.79. The van der Waals surface area contributed by atoms with Gasteiger partial charge in [0.25, 0.3) is 0 Å². The van der Waals surface area contributed by atoms with Crippen LogP contribution in [-0.2, 0) is 0 Å². The van der Waals surface area contributed by atoms with Gasteiger partial charge in [0.05, 0.1) is 0 Å². The molecule has 2 rings (SSSR count). The maximum atomic E-state index is 12.3. The number of nitrogens with one attached hydrogen (secondary N) is 1. The molecule has 1 radical (unpaired) electrons. The summed E-state index contributed by atoms with van der Waals surface area (Å²) in [5.41, 5.74) is 8.00. The van der Waals surface area contributed by atoms with Gasteiger partial charge in [-0.2, -0.15) is 0 Å². The summed E-state index contributed by atoms with van der Waals surface area (Å²) in [7, 11) is 0. The molecule has 1 saturated carbocycles. The summed E-state index contributed by atoms with van der Waals surface area (Å²) in [6.45, 7) is 0.237. The van der Waals surface area contributed by atoms with E-state index in [-0.39, 0.29) is 17.7 Å². The van der Waals surface area contributed by atoms with E-state index in [1.807, 2.05) is 30.3 Å². The number of hydrogen-bond acceptors (Lipinski definition) is 1. The van der Waals surface area contributed by atoms with Gasteiger partial charge in [0.15, 0.2) is 5.78 Å². The maximum absolute atomic E-state index is 12.3. The monoisotopic (exact) mass is 202 g/mol. The predicted octanol–water partition coefficient (Wildman–Crippen LogP) is 2.71. The highest BCUT2D eigenvalue weighted by molar-refractivity contribution is 6.00. The second-order valence-corrected chi connectivity index (χ2v) is 4.36. The van der Waals surface area contributed by atoms with Gasteiger partial charge in [-0.3, -0.25) is 10.5 Å². The van der Waals surface area contributed by atoms with Crippen molar-refractivity contribution in [3.63, 3.8) is 0 Å². The number of carbonyl (C=O) groups excluding carboxylic acids is 1. The van der Waals surface area contributed by atoms with E-state index >= 15 is 0 Å². The standard InChI is InChI=1S/C13H16NO/c14-10-13(8-4-5-9-13)12(15)11-6-2-1-3-7-11/h1-3,6-7,14H,4-5,8-10H2. The number of carbonyl (C=O) groups is 1. The third kappa shape index (κ3) is 1.82. The van der Waals surface area contributed by atoms with Crippen molar-refractivity contribution in [3.8, 4) is 0 Å². The first-order chi connectivity index (χ1) is 7.28. The van der Waals surface area contributed by atoms with Crippen LogP contribution in [0.15, 0.2) is 30.3 Å². The normalized spacial score (nSPS) is 19.0. The molecule has 0 heterocycles. The van der Waals surface area contributed by atoms with E-state index in [1.165, 1.54) is 0 Å². The van der Waals surface area contributed by atoms with Crippen molar-refractivity contribution in [2.75, 3.05) is 6.54 Å². The van der Waals surface area contributed by atoms with Crippen molar-refractivity contribution in [1.29, 1.82) is 0 Å². The Morgan fingerprint density at radius 3 is 2.33 bits per heavy atom. The summed E-state index contributed by atoms with van der Waals surface area (Å²) in [6.07, 6.45) is 3.98. The minimum absolute atomic E-state index is 0.176. The molecule has 1 aliphatic carbocycles. The van der Waals surface area contributed by atoms with Crippen molar-refractivity contribution >= 4 is 5.78 Å². The van der Waals surface area contributed by atoms with Gasteiger partial charge in [0.2, 0.25) is 0 Å².